The van der Waals surface area contributed by atoms with Gasteiger partial charge in [-0.2, -0.15) is 0 Å². The van der Waals surface area contributed by atoms with Gasteiger partial charge in [-0.25, -0.2) is 9.98 Å². The van der Waals surface area contributed by atoms with Gasteiger partial charge < -0.3 is 9.73 Å². The summed E-state index contributed by atoms with van der Waals surface area (Å²) in [5.41, 5.74) is 6.91. The maximum Gasteiger partial charge on any atom is 0.171 e. The normalized spacial score (nSPS) is 14.6. The van der Waals surface area contributed by atoms with E-state index in [0.717, 1.165) is 77.6 Å². The van der Waals surface area contributed by atoms with Crippen LogP contribution in [0.5, 0.6) is 0 Å². The van der Waals surface area contributed by atoms with E-state index < -0.39 is 6.17 Å². The number of nitrogens with one attached hydrogen (secondary N) is 1. The van der Waals surface area contributed by atoms with Crippen molar-refractivity contribution >= 4 is 76.7 Å². The van der Waals surface area contributed by atoms with Crippen molar-refractivity contribution in [1.82, 2.24) is 5.32 Å². The van der Waals surface area contributed by atoms with Crippen molar-refractivity contribution in [2.75, 3.05) is 0 Å². The minimum atomic E-state index is -0.580. The highest BCUT2D eigenvalue weighted by Crippen LogP contribution is 2.43. The molecule has 0 fully saturated rings. The topological polar surface area (TPSA) is 49.9 Å². The number of furan rings is 1. The Morgan fingerprint density at radius 2 is 0.981 bits per heavy atom. The van der Waals surface area contributed by atoms with Crippen molar-refractivity contribution < 1.29 is 4.42 Å². The Labute approximate surface area is 305 Å². The summed E-state index contributed by atoms with van der Waals surface area (Å²) in [6, 6.07) is 62.2. The van der Waals surface area contributed by atoms with Crippen LogP contribution in [0.25, 0.3) is 76.2 Å². The quantitative estimate of drug-likeness (QED) is 0.189. The first-order chi connectivity index (χ1) is 26.2. The molecule has 53 heavy (non-hydrogen) atoms. The van der Waals surface area contributed by atoms with Crippen molar-refractivity contribution in [3.05, 3.63) is 193 Å². The van der Waals surface area contributed by atoms with Gasteiger partial charge in [0.05, 0.1) is 0 Å². The van der Waals surface area contributed by atoms with E-state index in [1.165, 1.54) is 26.9 Å². The van der Waals surface area contributed by atoms with Gasteiger partial charge in [0.1, 0.15) is 22.8 Å². The van der Waals surface area contributed by atoms with Crippen molar-refractivity contribution in [3.8, 4) is 11.1 Å². The van der Waals surface area contributed by atoms with E-state index in [4.69, 9.17) is 14.4 Å². The lowest BCUT2D eigenvalue weighted by Crippen LogP contribution is -2.36. The van der Waals surface area contributed by atoms with Crippen molar-refractivity contribution in [1.29, 1.82) is 0 Å². The maximum atomic E-state index is 6.51. The fraction of sp³-hybridized carbons (Fsp3) is 0.0204. The summed E-state index contributed by atoms with van der Waals surface area (Å²) >= 11 is 0. The summed E-state index contributed by atoms with van der Waals surface area (Å²) in [5.74, 6) is 1.56. The summed E-state index contributed by atoms with van der Waals surface area (Å²) < 4.78 is 6.51. The van der Waals surface area contributed by atoms with Crippen LogP contribution in [0.3, 0.4) is 0 Å². The molecule has 0 saturated heterocycles. The minimum absolute atomic E-state index is 0.580. The van der Waals surface area contributed by atoms with Crippen LogP contribution in [0.4, 0.5) is 0 Å². The van der Waals surface area contributed by atoms with Crippen molar-refractivity contribution in [3.63, 3.8) is 0 Å². The van der Waals surface area contributed by atoms with Crippen LogP contribution >= 0.6 is 0 Å². The summed E-state index contributed by atoms with van der Waals surface area (Å²) in [6.07, 6.45) is -0.580. The van der Waals surface area contributed by atoms with Gasteiger partial charge in [-0.1, -0.05) is 146 Å². The molecule has 0 radical (unpaired) electrons. The van der Waals surface area contributed by atoms with E-state index in [1.54, 1.807) is 0 Å². The van der Waals surface area contributed by atoms with E-state index in [-0.39, 0.29) is 0 Å². The average Bonchev–Trinajstić information content (AvgIpc) is 3.61. The number of hydrogen-bond acceptors (Lipinski definition) is 4. The number of rotatable bonds is 4. The van der Waals surface area contributed by atoms with Gasteiger partial charge in [-0.3, -0.25) is 0 Å². The fourth-order valence-electron chi connectivity index (χ4n) is 8.17. The lowest BCUT2D eigenvalue weighted by Gasteiger charge is -2.25. The fourth-order valence-corrected chi connectivity index (χ4v) is 8.17. The monoisotopic (exact) mass is 677 g/mol. The molecule has 248 valence electrons. The van der Waals surface area contributed by atoms with Crippen LogP contribution in [0, 0.1) is 0 Å². The first-order valence-corrected chi connectivity index (χ1v) is 18.0. The molecule has 11 rings (SSSR count). The Kier molecular flexibility index (Phi) is 6.58. The van der Waals surface area contributed by atoms with Crippen molar-refractivity contribution in [2.45, 2.75) is 6.17 Å². The molecule has 10 aromatic rings. The summed E-state index contributed by atoms with van der Waals surface area (Å²) in [6.45, 7) is 0. The summed E-state index contributed by atoms with van der Waals surface area (Å²) in [5, 5.41) is 15.3. The summed E-state index contributed by atoms with van der Waals surface area (Å²) in [4.78, 5) is 11.1. The van der Waals surface area contributed by atoms with Crippen LogP contribution in [0.15, 0.2) is 190 Å². The molecule has 1 aliphatic rings. The third-order valence-corrected chi connectivity index (χ3v) is 10.7. The van der Waals surface area contributed by atoms with Crippen LogP contribution in [0.1, 0.15) is 22.9 Å². The van der Waals surface area contributed by atoms with Crippen LogP contribution < -0.4 is 5.32 Å². The number of aliphatic imine (C=N–C) groups is 2. The molecule has 1 unspecified atom stereocenters. The van der Waals surface area contributed by atoms with Crippen LogP contribution in [-0.2, 0) is 0 Å². The van der Waals surface area contributed by atoms with Gasteiger partial charge in [-0.15, -0.1) is 0 Å². The molecule has 0 amide bonds. The Hall–Kier alpha value is -7.04. The molecule has 9 aromatic carbocycles. The smallest absolute Gasteiger partial charge is 0.171 e. The van der Waals surface area contributed by atoms with E-state index in [2.05, 4.69) is 169 Å². The Bertz CT molecular complexity index is 3170. The van der Waals surface area contributed by atoms with E-state index in [1.807, 2.05) is 12.1 Å². The van der Waals surface area contributed by atoms with Gasteiger partial charge >= 0.3 is 0 Å². The van der Waals surface area contributed by atoms with Gasteiger partial charge in [0.2, 0.25) is 0 Å². The largest absolute Gasteiger partial charge is 0.456 e. The predicted molar refractivity (Wildman–Crippen MR) is 221 cm³/mol. The lowest BCUT2D eigenvalue weighted by molar-refractivity contribution is 0.667. The molecule has 1 aliphatic heterocycles. The second-order valence-corrected chi connectivity index (χ2v) is 13.8. The molecule has 0 aliphatic carbocycles. The first kappa shape index (κ1) is 29.7. The first-order valence-electron chi connectivity index (χ1n) is 18.0. The minimum Gasteiger partial charge on any atom is -0.456 e. The zero-order chi connectivity index (χ0) is 34.9. The Balaban J connectivity index is 1.22. The molecule has 4 heteroatoms. The predicted octanol–water partition coefficient (Wildman–Crippen LogP) is 12.4. The molecule has 0 bridgehead atoms. The molecule has 0 saturated carbocycles. The number of fused-ring (bicyclic) bond motifs is 8. The third kappa shape index (κ3) is 4.84. The second-order valence-electron chi connectivity index (χ2n) is 13.8. The molecule has 1 aromatic heterocycles. The summed E-state index contributed by atoms with van der Waals surface area (Å²) in [7, 11) is 0. The maximum absolute atomic E-state index is 6.51. The highest BCUT2D eigenvalue weighted by molar-refractivity contribution is 6.24. The van der Waals surface area contributed by atoms with Gasteiger partial charge in [0.25, 0.3) is 0 Å². The molecular weight excluding hydrogens is 647 g/mol. The molecule has 2 heterocycles. The van der Waals surface area contributed by atoms with E-state index in [0.29, 0.717) is 0 Å². The standard InChI is InChI=1S/C49H31N3O/c1-3-13-32-27-35(23-21-30(32)11-1)38-25-26-44-45(41-19-9-10-20-43(41)53-44)46(38)49-51-47(36-24-22-31-12-2-4-14-33(31)28-36)50-48(52-49)42-29-34-15-5-6-16-37(34)39-17-7-8-18-40(39)42/h1-29,49H,(H,50,51,52). The molecular formula is C49H31N3O. The number of nitrogens with zero attached hydrogens (tertiary/aromatic N) is 2. The van der Waals surface area contributed by atoms with Crippen LogP contribution in [0.2, 0.25) is 0 Å². The Morgan fingerprint density at radius 3 is 1.75 bits per heavy atom. The molecule has 0 spiro atoms. The van der Waals surface area contributed by atoms with Gasteiger partial charge in [0.15, 0.2) is 6.17 Å². The molecule has 4 nitrogen and oxygen atoms in total. The van der Waals surface area contributed by atoms with Crippen LogP contribution in [-0.4, -0.2) is 11.7 Å². The van der Waals surface area contributed by atoms with E-state index in [9.17, 15) is 0 Å². The number of amidine groups is 2. The zero-order valence-corrected chi connectivity index (χ0v) is 28.6. The number of para-hydroxylation sites is 1. The molecule has 1 atom stereocenters. The molecule has 1 N–H and O–H groups in total. The van der Waals surface area contributed by atoms with Gasteiger partial charge in [0, 0.05) is 27.5 Å². The lowest BCUT2D eigenvalue weighted by atomic mass is 9.91. The highest BCUT2D eigenvalue weighted by Gasteiger charge is 2.28. The number of hydrogen-bond donors (Lipinski definition) is 1. The van der Waals surface area contributed by atoms with E-state index >= 15 is 0 Å². The van der Waals surface area contributed by atoms with Gasteiger partial charge in [-0.05, 0) is 84.5 Å². The average molecular weight is 678 g/mol. The second kappa shape index (κ2) is 11.8. The highest BCUT2D eigenvalue weighted by atomic mass is 16.3. The number of benzene rings is 9. The Morgan fingerprint density at radius 1 is 0.396 bits per heavy atom. The SMILES string of the molecule is c1ccc2cc(C3=NC(c4c(-c5ccc6ccccc6c5)ccc5oc6ccccc6c45)N=C(c4cc5ccccc5c5ccccc45)N3)ccc2c1. The third-order valence-electron chi connectivity index (χ3n) is 10.7. The zero-order valence-electron chi connectivity index (χ0n) is 28.6. The van der Waals surface area contributed by atoms with Crippen molar-refractivity contribution in [2.24, 2.45) is 9.98 Å².